The number of halogens is 1. The van der Waals surface area contributed by atoms with E-state index in [1.807, 2.05) is 0 Å². The summed E-state index contributed by atoms with van der Waals surface area (Å²) in [6.45, 7) is 4.13. The van der Waals surface area contributed by atoms with E-state index in [1.165, 1.54) is 10.4 Å². The normalized spacial score (nSPS) is 22.1. The molecular weight excluding hydrogens is 384 g/mol. The van der Waals surface area contributed by atoms with Crippen molar-refractivity contribution < 1.29 is 4.79 Å². The Morgan fingerprint density at radius 1 is 1.37 bits per heavy atom. The summed E-state index contributed by atoms with van der Waals surface area (Å²) in [6.07, 6.45) is 6.10. The van der Waals surface area contributed by atoms with Crippen molar-refractivity contribution in [3.05, 3.63) is 26.6 Å². The largest absolute Gasteiger partial charge is 0.352 e. The number of nitrogens with one attached hydrogen (secondary N) is 3. The van der Waals surface area contributed by atoms with Gasteiger partial charge in [0.1, 0.15) is 10.7 Å². The van der Waals surface area contributed by atoms with Gasteiger partial charge in [-0.15, -0.1) is 23.7 Å². The highest BCUT2D eigenvalue weighted by Gasteiger charge is 2.23. The quantitative estimate of drug-likeness (QED) is 0.721. The van der Waals surface area contributed by atoms with Gasteiger partial charge < -0.3 is 15.6 Å². The molecule has 2 atom stereocenters. The molecule has 27 heavy (non-hydrogen) atoms. The molecule has 4 rings (SSSR count). The van der Waals surface area contributed by atoms with Crippen molar-refractivity contribution in [1.29, 1.82) is 0 Å². The molecule has 2 aromatic rings. The van der Waals surface area contributed by atoms with E-state index in [9.17, 15) is 9.59 Å². The number of amides is 1. The van der Waals surface area contributed by atoms with Crippen LogP contribution in [0, 0.1) is 5.92 Å². The number of fused-ring (bicyclic) bond motifs is 3. The van der Waals surface area contributed by atoms with E-state index in [-0.39, 0.29) is 29.9 Å². The summed E-state index contributed by atoms with van der Waals surface area (Å²) >= 11 is 1.65. The summed E-state index contributed by atoms with van der Waals surface area (Å²) in [5.41, 5.74) is 1.15. The fourth-order valence-corrected chi connectivity index (χ4v) is 5.42. The first-order valence-electron chi connectivity index (χ1n) is 9.63. The van der Waals surface area contributed by atoms with Gasteiger partial charge in [-0.3, -0.25) is 9.59 Å². The molecule has 1 saturated heterocycles. The van der Waals surface area contributed by atoms with Gasteiger partial charge in [0.2, 0.25) is 5.91 Å². The van der Waals surface area contributed by atoms with Crippen molar-refractivity contribution in [3.8, 4) is 0 Å². The average Bonchev–Trinajstić information content (AvgIpc) is 2.98. The number of aromatic nitrogens is 2. The van der Waals surface area contributed by atoms with Crippen molar-refractivity contribution in [3.63, 3.8) is 0 Å². The number of hydrogen-bond acceptors (Lipinski definition) is 5. The molecule has 0 spiro atoms. The van der Waals surface area contributed by atoms with Crippen LogP contribution in [0.15, 0.2) is 4.79 Å². The van der Waals surface area contributed by atoms with Gasteiger partial charge >= 0.3 is 0 Å². The minimum absolute atomic E-state index is 0. The van der Waals surface area contributed by atoms with E-state index in [1.54, 1.807) is 11.3 Å². The Kier molecular flexibility index (Phi) is 6.55. The van der Waals surface area contributed by atoms with Gasteiger partial charge in [-0.25, -0.2) is 4.98 Å². The second-order valence-electron chi connectivity index (χ2n) is 7.66. The third kappa shape index (κ3) is 4.52. The van der Waals surface area contributed by atoms with Crippen LogP contribution in [0.5, 0.6) is 0 Å². The number of hydrogen-bond donors (Lipinski definition) is 3. The molecule has 0 radical (unpaired) electrons. The summed E-state index contributed by atoms with van der Waals surface area (Å²) in [5, 5.41) is 7.14. The third-order valence-corrected chi connectivity index (χ3v) is 6.61. The van der Waals surface area contributed by atoms with Crippen LogP contribution in [0.1, 0.15) is 48.9 Å². The number of carbonyl (C=O) groups excluding carboxylic acids is 1. The molecule has 0 saturated carbocycles. The van der Waals surface area contributed by atoms with E-state index in [0.29, 0.717) is 24.6 Å². The third-order valence-electron chi connectivity index (χ3n) is 5.47. The van der Waals surface area contributed by atoms with Crippen molar-refractivity contribution >= 4 is 39.9 Å². The molecule has 2 aliphatic rings. The molecule has 1 fully saturated rings. The molecule has 3 N–H and O–H groups in total. The molecule has 6 nitrogen and oxygen atoms in total. The summed E-state index contributed by atoms with van der Waals surface area (Å²) in [6, 6.07) is 0.219. The lowest BCUT2D eigenvalue weighted by Crippen LogP contribution is -2.45. The molecule has 3 heterocycles. The van der Waals surface area contributed by atoms with Crippen molar-refractivity contribution in [2.45, 2.75) is 57.9 Å². The standard InChI is InChI=1S/C19H26N4O2S.ClH/c1-11-4-5-13-14(9-11)26-19-17(13)18(25)22-15(23-19)6-7-16(24)21-12-3-2-8-20-10-12;/h11-12,20H,2-10H2,1H3,(H,21,24)(H,22,23,25);1H/t11?,12-;/m0./s1. The number of thiophene rings is 1. The second kappa shape index (κ2) is 8.71. The number of rotatable bonds is 4. The van der Waals surface area contributed by atoms with Crippen molar-refractivity contribution in [2.75, 3.05) is 13.1 Å². The van der Waals surface area contributed by atoms with Crippen LogP contribution in [0.25, 0.3) is 10.2 Å². The summed E-state index contributed by atoms with van der Waals surface area (Å²) in [4.78, 5) is 34.5. The van der Waals surface area contributed by atoms with Crippen LogP contribution >= 0.6 is 23.7 Å². The molecule has 148 valence electrons. The maximum atomic E-state index is 12.6. The lowest BCUT2D eigenvalue weighted by Gasteiger charge is -2.23. The van der Waals surface area contributed by atoms with Crippen LogP contribution in [-0.4, -0.2) is 35.0 Å². The number of aromatic amines is 1. The first kappa shape index (κ1) is 20.3. The average molecular weight is 411 g/mol. The predicted molar refractivity (Wildman–Crippen MR) is 111 cm³/mol. The monoisotopic (exact) mass is 410 g/mol. The molecule has 1 unspecified atom stereocenters. The Labute approximate surface area is 169 Å². The van der Waals surface area contributed by atoms with Crippen molar-refractivity contribution in [2.24, 2.45) is 5.92 Å². The summed E-state index contributed by atoms with van der Waals surface area (Å²) in [5.74, 6) is 1.32. The molecule has 0 aromatic carbocycles. The van der Waals surface area contributed by atoms with Gasteiger partial charge in [-0.05, 0) is 50.1 Å². The van der Waals surface area contributed by atoms with Gasteiger partial charge in [0.05, 0.1) is 5.39 Å². The van der Waals surface area contributed by atoms with Gasteiger partial charge in [0.25, 0.3) is 5.56 Å². The Bertz CT molecular complexity index is 872. The Hall–Kier alpha value is -1.44. The van der Waals surface area contributed by atoms with E-state index in [2.05, 4.69) is 27.5 Å². The van der Waals surface area contributed by atoms with Gasteiger partial charge in [0, 0.05) is 30.3 Å². The Morgan fingerprint density at radius 3 is 3.00 bits per heavy atom. The topological polar surface area (TPSA) is 86.9 Å². The highest BCUT2D eigenvalue weighted by atomic mass is 35.5. The number of aryl methyl sites for hydroxylation is 2. The highest BCUT2D eigenvalue weighted by Crippen LogP contribution is 2.35. The fraction of sp³-hybridized carbons (Fsp3) is 0.632. The summed E-state index contributed by atoms with van der Waals surface area (Å²) < 4.78 is 0. The van der Waals surface area contributed by atoms with Gasteiger partial charge in [-0.1, -0.05) is 6.92 Å². The molecule has 1 aliphatic carbocycles. The molecule has 1 amide bonds. The molecule has 8 heteroatoms. The minimum atomic E-state index is -0.0473. The fourth-order valence-electron chi connectivity index (χ4n) is 4.02. The SMILES string of the molecule is CC1CCc2c(sc3nc(CCC(=O)N[C@H]4CCCNC4)[nH]c(=O)c23)C1.Cl. The molecular formula is C19H27ClN4O2S. The van der Waals surface area contributed by atoms with Crippen LogP contribution in [-0.2, 0) is 24.1 Å². The Morgan fingerprint density at radius 2 is 2.22 bits per heavy atom. The van der Waals surface area contributed by atoms with Gasteiger partial charge in [-0.2, -0.15) is 0 Å². The zero-order valence-corrected chi connectivity index (χ0v) is 17.2. The molecule has 2 aromatic heterocycles. The first-order chi connectivity index (χ1) is 12.6. The van der Waals surface area contributed by atoms with Crippen LogP contribution in [0.2, 0.25) is 0 Å². The van der Waals surface area contributed by atoms with Crippen LogP contribution in [0.3, 0.4) is 0 Å². The highest BCUT2D eigenvalue weighted by molar-refractivity contribution is 7.18. The molecule has 1 aliphatic heterocycles. The molecule has 0 bridgehead atoms. The summed E-state index contributed by atoms with van der Waals surface area (Å²) in [7, 11) is 0. The lowest BCUT2D eigenvalue weighted by atomic mass is 9.89. The second-order valence-corrected chi connectivity index (χ2v) is 8.74. The van der Waals surface area contributed by atoms with E-state index < -0.39 is 0 Å². The van der Waals surface area contributed by atoms with E-state index >= 15 is 0 Å². The number of H-pyrrole nitrogens is 1. The lowest BCUT2D eigenvalue weighted by molar-refractivity contribution is -0.121. The first-order valence-corrected chi connectivity index (χ1v) is 10.5. The van der Waals surface area contributed by atoms with E-state index in [0.717, 1.165) is 55.4 Å². The van der Waals surface area contributed by atoms with E-state index in [4.69, 9.17) is 0 Å². The van der Waals surface area contributed by atoms with Gasteiger partial charge in [0.15, 0.2) is 0 Å². The predicted octanol–water partition coefficient (Wildman–Crippen LogP) is 2.33. The Balaban J connectivity index is 0.00000210. The van der Waals surface area contributed by atoms with Crippen LogP contribution < -0.4 is 16.2 Å². The smallest absolute Gasteiger partial charge is 0.259 e. The maximum absolute atomic E-state index is 12.6. The van der Waals surface area contributed by atoms with Crippen LogP contribution in [0.4, 0.5) is 0 Å². The zero-order valence-electron chi connectivity index (χ0n) is 15.6. The minimum Gasteiger partial charge on any atom is -0.352 e. The van der Waals surface area contributed by atoms with Crippen molar-refractivity contribution in [1.82, 2.24) is 20.6 Å². The number of piperidine rings is 1. The maximum Gasteiger partial charge on any atom is 0.259 e. The number of nitrogens with zero attached hydrogens (tertiary/aromatic N) is 1. The zero-order chi connectivity index (χ0) is 18.1. The number of carbonyl (C=O) groups is 1.